The SMILES string of the molecule is Cc1cc(C)c2ccc(C)c([N+](=O)[O-])c2n1. The smallest absolute Gasteiger partial charge is 0.258 e. The average molecular weight is 216 g/mol. The molecule has 1 heterocycles. The molecule has 0 fully saturated rings. The second-order valence-electron chi connectivity index (χ2n) is 3.96. The van der Waals surface area contributed by atoms with Crippen molar-refractivity contribution in [3.05, 3.63) is 45.1 Å². The lowest BCUT2D eigenvalue weighted by atomic mass is 10.0. The van der Waals surface area contributed by atoms with Crippen LogP contribution in [0.4, 0.5) is 5.69 Å². The molecule has 0 aliphatic carbocycles. The average Bonchev–Trinajstić information content (AvgIpc) is 2.15. The fraction of sp³-hybridized carbons (Fsp3) is 0.250. The monoisotopic (exact) mass is 216 g/mol. The molecular weight excluding hydrogens is 204 g/mol. The first-order chi connectivity index (χ1) is 7.50. The predicted molar refractivity (Wildman–Crippen MR) is 62.6 cm³/mol. The van der Waals surface area contributed by atoms with Crippen LogP contribution in [0.25, 0.3) is 10.9 Å². The van der Waals surface area contributed by atoms with E-state index in [-0.39, 0.29) is 10.6 Å². The Morgan fingerprint density at radius 3 is 2.50 bits per heavy atom. The van der Waals surface area contributed by atoms with Crippen LogP contribution in [0.1, 0.15) is 16.8 Å². The summed E-state index contributed by atoms with van der Waals surface area (Å²) in [7, 11) is 0. The lowest BCUT2D eigenvalue weighted by Gasteiger charge is -2.05. The van der Waals surface area contributed by atoms with Gasteiger partial charge < -0.3 is 0 Å². The van der Waals surface area contributed by atoms with E-state index in [0.29, 0.717) is 11.1 Å². The van der Waals surface area contributed by atoms with Gasteiger partial charge in [-0.2, -0.15) is 0 Å². The minimum atomic E-state index is -0.358. The number of fused-ring (bicyclic) bond motifs is 1. The standard InChI is InChI=1S/C12H12N2O2/c1-7-4-5-10-8(2)6-9(3)13-11(10)12(7)14(15)16/h4-6H,1-3H3. The second-order valence-corrected chi connectivity index (χ2v) is 3.96. The van der Waals surface area contributed by atoms with Gasteiger partial charge in [0.15, 0.2) is 0 Å². The number of aromatic nitrogens is 1. The maximum absolute atomic E-state index is 11.0. The second kappa shape index (κ2) is 3.56. The Kier molecular flexibility index (Phi) is 2.34. The van der Waals surface area contributed by atoms with E-state index < -0.39 is 0 Å². The van der Waals surface area contributed by atoms with Crippen molar-refractivity contribution < 1.29 is 4.92 Å². The molecule has 16 heavy (non-hydrogen) atoms. The third kappa shape index (κ3) is 1.52. The van der Waals surface area contributed by atoms with Gasteiger partial charge in [0.25, 0.3) is 5.69 Å². The van der Waals surface area contributed by atoms with Crippen LogP contribution in [0.3, 0.4) is 0 Å². The van der Waals surface area contributed by atoms with Gasteiger partial charge >= 0.3 is 0 Å². The van der Waals surface area contributed by atoms with Crippen molar-refractivity contribution in [3.8, 4) is 0 Å². The molecule has 0 aliphatic rings. The lowest BCUT2D eigenvalue weighted by Crippen LogP contribution is -1.97. The third-order valence-corrected chi connectivity index (χ3v) is 2.67. The molecule has 4 nitrogen and oxygen atoms in total. The molecule has 0 amide bonds. The Morgan fingerprint density at radius 2 is 1.88 bits per heavy atom. The number of benzene rings is 1. The highest BCUT2D eigenvalue weighted by atomic mass is 16.6. The van der Waals surface area contributed by atoms with Gasteiger partial charge in [-0.15, -0.1) is 0 Å². The molecule has 0 unspecified atom stereocenters. The number of nitro groups is 1. The van der Waals surface area contributed by atoms with Crippen LogP contribution >= 0.6 is 0 Å². The van der Waals surface area contributed by atoms with Gasteiger partial charge in [0.2, 0.25) is 0 Å². The Balaban J connectivity index is 2.97. The van der Waals surface area contributed by atoms with Crippen molar-refractivity contribution in [1.82, 2.24) is 4.98 Å². The van der Waals surface area contributed by atoms with E-state index in [2.05, 4.69) is 4.98 Å². The fourth-order valence-electron chi connectivity index (χ4n) is 1.94. The molecule has 0 spiro atoms. The zero-order valence-electron chi connectivity index (χ0n) is 9.44. The first-order valence-electron chi connectivity index (χ1n) is 5.02. The van der Waals surface area contributed by atoms with Gasteiger partial charge in [0.1, 0.15) is 5.52 Å². The first kappa shape index (κ1) is 10.5. The Hall–Kier alpha value is -1.97. The van der Waals surface area contributed by atoms with Gasteiger partial charge in [-0.05, 0) is 32.4 Å². The quantitative estimate of drug-likeness (QED) is 0.543. The van der Waals surface area contributed by atoms with Crippen LogP contribution in [0, 0.1) is 30.9 Å². The van der Waals surface area contributed by atoms with Crippen LogP contribution in [-0.2, 0) is 0 Å². The molecule has 0 atom stereocenters. The highest BCUT2D eigenvalue weighted by Gasteiger charge is 2.17. The molecule has 0 saturated heterocycles. The minimum Gasteiger partial charge on any atom is -0.258 e. The number of pyridine rings is 1. The zero-order chi connectivity index (χ0) is 11.9. The highest BCUT2D eigenvalue weighted by Crippen LogP contribution is 2.29. The van der Waals surface area contributed by atoms with Crippen molar-refractivity contribution in [2.24, 2.45) is 0 Å². The molecular formula is C12H12N2O2. The fourth-order valence-corrected chi connectivity index (χ4v) is 1.94. The summed E-state index contributed by atoms with van der Waals surface area (Å²) in [5.74, 6) is 0. The predicted octanol–water partition coefficient (Wildman–Crippen LogP) is 3.07. The van der Waals surface area contributed by atoms with E-state index in [1.165, 1.54) is 0 Å². The maximum atomic E-state index is 11.0. The van der Waals surface area contributed by atoms with Gasteiger partial charge in [-0.3, -0.25) is 10.1 Å². The van der Waals surface area contributed by atoms with Gasteiger partial charge in [0, 0.05) is 16.6 Å². The summed E-state index contributed by atoms with van der Waals surface area (Å²) in [4.78, 5) is 14.9. The van der Waals surface area contributed by atoms with E-state index in [0.717, 1.165) is 16.6 Å². The molecule has 2 rings (SSSR count). The van der Waals surface area contributed by atoms with E-state index >= 15 is 0 Å². The Bertz CT molecular complexity index is 591. The largest absolute Gasteiger partial charge is 0.298 e. The molecule has 0 N–H and O–H groups in total. The number of hydrogen-bond acceptors (Lipinski definition) is 3. The number of aryl methyl sites for hydroxylation is 3. The summed E-state index contributed by atoms with van der Waals surface area (Å²) in [6.07, 6.45) is 0. The molecule has 0 saturated carbocycles. The van der Waals surface area contributed by atoms with E-state index in [1.54, 1.807) is 13.0 Å². The van der Waals surface area contributed by atoms with Crippen molar-refractivity contribution >= 4 is 16.6 Å². The van der Waals surface area contributed by atoms with Gasteiger partial charge in [-0.25, -0.2) is 4.98 Å². The van der Waals surface area contributed by atoms with E-state index in [9.17, 15) is 10.1 Å². The van der Waals surface area contributed by atoms with Crippen molar-refractivity contribution in [2.45, 2.75) is 20.8 Å². The first-order valence-corrected chi connectivity index (χ1v) is 5.02. The van der Waals surface area contributed by atoms with Gasteiger partial charge in [0.05, 0.1) is 4.92 Å². The Labute approximate surface area is 93.1 Å². The third-order valence-electron chi connectivity index (χ3n) is 2.67. The van der Waals surface area contributed by atoms with Crippen molar-refractivity contribution in [1.29, 1.82) is 0 Å². The number of hydrogen-bond donors (Lipinski definition) is 0. The number of nitrogens with zero attached hydrogens (tertiary/aromatic N) is 2. The molecule has 0 bridgehead atoms. The van der Waals surface area contributed by atoms with Crippen molar-refractivity contribution in [2.75, 3.05) is 0 Å². The minimum absolute atomic E-state index is 0.115. The summed E-state index contributed by atoms with van der Waals surface area (Å²) < 4.78 is 0. The summed E-state index contributed by atoms with van der Waals surface area (Å²) in [6, 6.07) is 5.59. The van der Waals surface area contributed by atoms with Crippen molar-refractivity contribution in [3.63, 3.8) is 0 Å². The Morgan fingerprint density at radius 1 is 1.19 bits per heavy atom. The molecule has 1 aromatic carbocycles. The molecule has 0 radical (unpaired) electrons. The van der Waals surface area contributed by atoms with Gasteiger partial charge in [-0.1, -0.05) is 12.1 Å². The van der Waals surface area contributed by atoms with Crippen LogP contribution < -0.4 is 0 Å². The lowest BCUT2D eigenvalue weighted by molar-refractivity contribution is -0.383. The summed E-state index contributed by atoms with van der Waals surface area (Å²) >= 11 is 0. The van der Waals surface area contributed by atoms with E-state index in [1.807, 2.05) is 26.0 Å². The summed E-state index contributed by atoms with van der Waals surface area (Å²) in [5, 5.41) is 11.9. The molecule has 1 aromatic heterocycles. The van der Waals surface area contributed by atoms with Crippen LogP contribution in [-0.4, -0.2) is 9.91 Å². The van der Waals surface area contributed by atoms with Crippen LogP contribution in [0.5, 0.6) is 0 Å². The zero-order valence-corrected chi connectivity index (χ0v) is 9.44. The molecule has 0 aliphatic heterocycles. The number of nitro benzene ring substituents is 1. The summed E-state index contributed by atoms with van der Waals surface area (Å²) in [5.41, 5.74) is 3.08. The maximum Gasteiger partial charge on any atom is 0.298 e. The van der Waals surface area contributed by atoms with Crippen LogP contribution in [0.2, 0.25) is 0 Å². The van der Waals surface area contributed by atoms with E-state index in [4.69, 9.17) is 0 Å². The molecule has 2 aromatic rings. The van der Waals surface area contributed by atoms with Crippen LogP contribution in [0.15, 0.2) is 18.2 Å². The molecule has 82 valence electrons. The summed E-state index contributed by atoms with van der Waals surface area (Å²) in [6.45, 7) is 5.52. The molecule has 4 heteroatoms. The highest BCUT2D eigenvalue weighted by molar-refractivity contribution is 5.91. The normalized spacial score (nSPS) is 10.7. The topological polar surface area (TPSA) is 56.0 Å². The number of rotatable bonds is 1.